The van der Waals surface area contributed by atoms with Crippen LogP contribution in [-0.4, -0.2) is 38.2 Å². The first kappa shape index (κ1) is 21.3. The SMILES string of the molecule is CN(C)S(=O)(=O)c1ccccc1CNC(=O)c1ccccc1SC(F)(F)F. The molecule has 0 unspecified atom stereocenters. The quantitative estimate of drug-likeness (QED) is 0.730. The van der Waals surface area contributed by atoms with Gasteiger partial charge >= 0.3 is 5.51 Å². The molecular formula is C17H17F3N2O3S2. The second-order valence-electron chi connectivity index (χ2n) is 5.62. The van der Waals surface area contributed by atoms with Crippen LogP contribution in [0.2, 0.25) is 0 Å². The molecule has 0 radical (unpaired) electrons. The maximum absolute atomic E-state index is 12.7. The van der Waals surface area contributed by atoms with Crippen LogP contribution in [0.4, 0.5) is 13.2 Å². The molecule has 0 aliphatic heterocycles. The van der Waals surface area contributed by atoms with Gasteiger partial charge in [0.2, 0.25) is 10.0 Å². The lowest BCUT2D eigenvalue weighted by Crippen LogP contribution is -2.27. The van der Waals surface area contributed by atoms with E-state index in [0.717, 1.165) is 4.31 Å². The minimum atomic E-state index is -4.53. The summed E-state index contributed by atoms with van der Waals surface area (Å²) in [6.07, 6.45) is 0. The van der Waals surface area contributed by atoms with Gasteiger partial charge in [0.1, 0.15) is 0 Å². The molecule has 0 aliphatic carbocycles. The Morgan fingerprint density at radius 1 is 1.07 bits per heavy atom. The van der Waals surface area contributed by atoms with Gasteiger partial charge in [-0.3, -0.25) is 4.79 Å². The predicted molar refractivity (Wildman–Crippen MR) is 96.8 cm³/mol. The van der Waals surface area contributed by atoms with E-state index in [4.69, 9.17) is 0 Å². The molecule has 2 rings (SSSR count). The summed E-state index contributed by atoms with van der Waals surface area (Å²) in [5.74, 6) is -0.723. The molecule has 1 N–H and O–H groups in total. The Bertz CT molecular complexity index is 929. The number of nitrogens with one attached hydrogen (secondary N) is 1. The normalized spacial score (nSPS) is 12.2. The van der Waals surface area contributed by atoms with Gasteiger partial charge in [0, 0.05) is 25.5 Å². The molecule has 0 spiro atoms. The minimum absolute atomic E-state index is 0.0215. The summed E-state index contributed by atoms with van der Waals surface area (Å²) < 4.78 is 63.7. The van der Waals surface area contributed by atoms with Crippen LogP contribution in [0, 0.1) is 0 Å². The van der Waals surface area contributed by atoms with Crippen molar-refractivity contribution in [1.29, 1.82) is 0 Å². The number of sulfonamides is 1. The Hall–Kier alpha value is -2.04. The van der Waals surface area contributed by atoms with Crippen molar-refractivity contribution >= 4 is 27.7 Å². The smallest absolute Gasteiger partial charge is 0.348 e. The zero-order chi connectivity index (χ0) is 20.2. The fourth-order valence-electron chi connectivity index (χ4n) is 2.24. The second-order valence-corrected chi connectivity index (χ2v) is 8.85. The van der Waals surface area contributed by atoms with Crippen molar-refractivity contribution < 1.29 is 26.4 Å². The van der Waals surface area contributed by atoms with Crippen LogP contribution in [0.1, 0.15) is 15.9 Å². The molecule has 0 aromatic heterocycles. The van der Waals surface area contributed by atoms with Crippen molar-refractivity contribution in [3.8, 4) is 0 Å². The van der Waals surface area contributed by atoms with Gasteiger partial charge in [0.25, 0.3) is 5.91 Å². The average molecular weight is 418 g/mol. The number of hydrogen-bond donors (Lipinski definition) is 1. The molecule has 0 heterocycles. The Kier molecular flexibility index (Phi) is 6.55. The zero-order valence-electron chi connectivity index (χ0n) is 14.4. The average Bonchev–Trinajstić information content (AvgIpc) is 2.59. The third-order valence-electron chi connectivity index (χ3n) is 3.53. The molecular weight excluding hydrogens is 401 g/mol. The highest BCUT2D eigenvalue weighted by atomic mass is 32.2. The van der Waals surface area contributed by atoms with E-state index in [1.54, 1.807) is 12.1 Å². The summed E-state index contributed by atoms with van der Waals surface area (Å²) >= 11 is -0.375. The molecule has 0 atom stereocenters. The molecule has 10 heteroatoms. The number of nitrogens with zero attached hydrogens (tertiary/aromatic N) is 1. The zero-order valence-corrected chi connectivity index (χ0v) is 16.1. The fourth-order valence-corrected chi connectivity index (χ4v) is 4.02. The predicted octanol–water partition coefficient (Wildman–Crippen LogP) is 3.48. The first-order chi connectivity index (χ1) is 12.5. The second kappa shape index (κ2) is 8.32. The van der Waals surface area contributed by atoms with Gasteiger partial charge in [-0.05, 0) is 35.5 Å². The van der Waals surface area contributed by atoms with Gasteiger partial charge in [0.05, 0.1) is 10.5 Å². The highest BCUT2D eigenvalue weighted by molar-refractivity contribution is 8.00. The Morgan fingerprint density at radius 2 is 1.67 bits per heavy atom. The first-order valence-corrected chi connectivity index (χ1v) is 9.91. The van der Waals surface area contributed by atoms with E-state index >= 15 is 0 Å². The molecule has 0 aliphatic rings. The maximum atomic E-state index is 12.7. The third-order valence-corrected chi connectivity index (χ3v) is 6.25. The largest absolute Gasteiger partial charge is 0.446 e. The molecule has 0 saturated heterocycles. The van der Waals surface area contributed by atoms with E-state index in [2.05, 4.69) is 5.32 Å². The number of carbonyl (C=O) groups is 1. The van der Waals surface area contributed by atoms with E-state index in [1.807, 2.05) is 0 Å². The Morgan fingerprint density at radius 3 is 2.30 bits per heavy atom. The molecule has 27 heavy (non-hydrogen) atoms. The summed E-state index contributed by atoms with van der Waals surface area (Å²) in [5, 5.41) is 2.49. The van der Waals surface area contributed by atoms with Gasteiger partial charge in [0.15, 0.2) is 0 Å². The number of carbonyl (C=O) groups excluding carboxylic acids is 1. The number of rotatable bonds is 6. The van der Waals surface area contributed by atoms with E-state index in [-0.39, 0.29) is 33.7 Å². The number of halogens is 3. The molecule has 0 bridgehead atoms. The van der Waals surface area contributed by atoms with Crippen molar-refractivity contribution in [2.75, 3.05) is 14.1 Å². The van der Waals surface area contributed by atoms with Gasteiger partial charge < -0.3 is 5.32 Å². The highest BCUT2D eigenvalue weighted by Gasteiger charge is 2.31. The van der Waals surface area contributed by atoms with Gasteiger partial charge in [-0.15, -0.1) is 0 Å². The summed E-state index contributed by atoms with van der Waals surface area (Å²) in [4.78, 5) is 12.2. The standard InChI is InChI=1S/C17H17F3N2O3S2/c1-22(2)27(24,25)15-10-6-3-7-12(15)11-21-16(23)13-8-4-5-9-14(13)26-17(18,19)20/h3-10H,11H2,1-2H3,(H,21,23). The van der Waals surface area contributed by atoms with Crippen LogP contribution in [0.3, 0.4) is 0 Å². The summed E-state index contributed by atoms with van der Waals surface area (Å²) in [6, 6.07) is 11.5. The number of alkyl halides is 3. The molecule has 0 fully saturated rings. The number of amides is 1. The van der Waals surface area contributed by atoms with Crippen LogP contribution in [0.5, 0.6) is 0 Å². The van der Waals surface area contributed by atoms with Crippen LogP contribution in [0.25, 0.3) is 0 Å². The fraction of sp³-hybridized carbons (Fsp3) is 0.235. The van der Waals surface area contributed by atoms with Gasteiger partial charge in [-0.2, -0.15) is 13.2 Å². The lowest BCUT2D eigenvalue weighted by atomic mass is 10.2. The van der Waals surface area contributed by atoms with Crippen LogP contribution in [0.15, 0.2) is 58.3 Å². The minimum Gasteiger partial charge on any atom is -0.348 e. The first-order valence-electron chi connectivity index (χ1n) is 7.66. The lowest BCUT2D eigenvalue weighted by Gasteiger charge is -2.16. The lowest BCUT2D eigenvalue weighted by molar-refractivity contribution is -0.0328. The molecule has 2 aromatic carbocycles. The van der Waals surface area contributed by atoms with Crippen molar-refractivity contribution in [1.82, 2.24) is 9.62 Å². The number of thioether (sulfide) groups is 1. The van der Waals surface area contributed by atoms with Crippen LogP contribution in [-0.2, 0) is 16.6 Å². The van der Waals surface area contributed by atoms with E-state index in [9.17, 15) is 26.4 Å². The summed E-state index contributed by atoms with van der Waals surface area (Å²) in [6.45, 7) is -0.146. The van der Waals surface area contributed by atoms with Gasteiger partial charge in [-0.25, -0.2) is 12.7 Å². The van der Waals surface area contributed by atoms with E-state index in [0.29, 0.717) is 5.56 Å². The van der Waals surface area contributed by atoms with E-state index in [1.165, 1.54) is 50.5 Å². The third kappa shape index (κ3) is 5.47. The molecule has 5 nitrogen and oxygen atoms in total. The molecule has 1 amide bonds. The highest BCUT2D eigenvalue weighted by Crippen LogP contribution is 2.38. The summed E-state index contributed by atoms with van der Waals surface area (Å²) in [5.41, 5.74) is -4.32. The molecule has 146 valence electrons. The Balaban J connectivity index is 2.24. The monoisotopic (exact) mass is 418 g/mol. The van der Waals surface area contributed by atoms with Gasteiger partial charge in [-0.1, -0.05) is 30.3 Å². The van der Waals surface area contributed by atoms with Crippen LogP contribution < -0.4 is 5.32 Å². The van der Waals surface area contributed by atoms with Crippen molar-refractivity contribution in [3.05, 3.63) is 59.7 Å². The summed E-state index contributed by atoms with van der Waals surface area (Å²) in [7, 11) is -0.955. The van der Waals surface area contributed by atoms with E-state index < -0.39 is 21.4 Å². The van der Waals surface area contributed by atoms with Crippen molar-refractivity contribution in [2.45, 2.75) is 21.8 Å². The van der Waals surface area contributed by atoms with Crippen LogP contribution >= 0.6 is 11.8 Å². The number of benzene rings is 2. The molecule has 2 aromatic rings. The van der Waals surface area contributed by atoms with Crippen molar-refractivity contribution in [3.63, 3.8) is 0 Å². The topological polar surface area (TPSA) is 66.5 Å². The number of hydrogen-bond acceptors (Lipinski definition) is 4. The maximum Gasteiger partial charge on any atom is 0.446 e. The Labute approximate surface area is 159 Å². The molecule has 0 saturated carbocycles. The van der Waals surface area contributed by atoms with Crippen molar-refractivity contribution in [2.24, 2.45) is 0 Å².